The third kappa shape index (κ3) is 7.79. The molecule has 0 bridgehead atoms. The molecule has 1 aliphatic rings. The van der Waals surface area contributed by atoms with Crippen LogP contribution >= 0.6 is 0 Å². The van der Waals surface area contributed by atoms with Crippen LogP contribution in [0.1, 0.15) is 46.5 Å². The minimum Gasteiger partial charge on any atom is -0.396 e. The Bertz CT molecular complexity index is 547. The molecule has 152 valence electrons. The summed E-state index contributed by atoms with van der Waals surface area (Å²) in [6.07, 6.45) is 4.28. The van der Waals surface area contributed by atoms with Crippen molar-refractivity contribution in [3.63, 3.8) is 0 Å². The molecule has 3 N–H and O–H groups in total. The molecule has 2 unspecified atom stereocenters. The Labute approximate surface area is 165 Å². The fourth-order valence-corrected chi connectivity index (χ4v) is 3.83. The van der Waals surface area contributed by atoms with Gasteiger partial charge in [-0.2, -0.15) is 0 Å². The maximum absolute atomic E-state index is 9.33. The van der Waals surface area contributed by atoms with Gasteiger partial charge in [-0.3, -0.25) is 4.99 Å². The molecule has 1 aromatic carbocycles. The first-order chi connectivity index (χ1) is 13.1. The lowest BCUT2D eigenvalue weighted by Gasteiger charge is -2.35. The SMILES string of the molecule is CCNC(=NCC(CCO)CC(C)C)NC1CCCN(c2ccccc2)C1. The summed E-state index contributed by atoms with van der Waals surface area (Å²) >= 11 is 0. The van der Waals surface area contributed by atoms with Gasteiger partial charge in [0.2, 0.25) is 0 Å². The maximum Gasteiger partial charge on any atom is 0.191 e. The van der Waals surface area contributed by atoms with E-state index >= 15 is 0 Å². The molecule has 0 amide bonds. The highest BCUT2D eigenvalue weighted by atomic mass is 16.3. The quantitative estimate of drug-likeness (QED) is 0.459. The van der Waals surface area contributed by atoms with Gasteiger partial charge in [-0.05, 0) is 56.6 Å². The molecule has 2 atom stereocenters. The first kappa shape index (κ1) is 21.5. The Morgan fingerprint density at radius 1 is 1.30 bits per heavy atom. The molecule has 1 aliphatic heterocycles. The zero-order valence-corrected chi connectivity index (χ0v) is 17.3. The summed E-state index contributed by atoms with van der Waals surface area (Å²) < 4.78 is 0. The topological polar surface area (TPSA) is 59.9 Å². The molecule has 0 aromatic heterocycles. The fraction of sp³-hybridized carbons (Fsp3) is 0.682. The predicted octanol–water partition coefficient (Wildman–Crippen LogP) is 3.26. The zero-order valence-electron chi connectivity index (χ0n) is 17.3. The molecule has 1 saturated heterocycles. The van der Waals surface area contributed by atoms with E-state index < -0.39 is 0 Å². The van der Waals surface area contributed by atoms with Gasteiger partial charge in [-0.25, -0.2) is 0 Å². The first-order valence-corrected chi connectivity index (χ1v) is 10.6. The minimum atomic E-state index is 0.242. The second kappa shape index (κ2) is 11.9. The average molecular weight is 375 g/mol. The van der Waals surface area contributed by atoms with Crippen LogP contribution in [0, 0.1) is 11.8 Å². The Morgan fingerprint density at radius 3 is 2.74 bits per heavy atom. The molecule has 5 nitrogen and oxygen atoms in total. The van der Waals surface area contributed by atoms with Gasteiger partial charge in [-0.1, -0.05) is 32.0 Å². The Morgan fingerprint density at radius 2 is 2.07 bits per heavy atom. The van der Waals surface area contributed by atoms with Crippen molar-refractivity contribution in [2.75, 3.05) is 37.7 Å². The predicted molar refractivity (Wildman–Crippen MR) is 115 cm³/mol. The summed E-state index contributed by atoms with van der Waals surface area (Å²) in [6.45, 7) is 10.6. The van der Waals surface area contributed by atoms with Gasteiger partial charge in [0.1, 0.15) is 0 Å². The van der Waals surface area contributed by atoms with Crippen LogP contribution < -0.4 is 15.5 Å². The second-order valence-corrected chi connectivity index (χ2v) is 7.99. The second-order valence-electron chi connectivity index (χ2n) is 7.99. The number of aliphatic hydroxyl groups excluding tert-OH is 1. The van der Waals surface area contributed by atoms with E-state index in [1.807, 2.05) is 0 Å². The highest BCUT2D eigenvalue weighted by Crippen LogP contribution is 2.19. The van der Waals surface area contributed by atoms with Gasteiger partial charge in [0.05, 0.1) is 0 Å². The van der Waals surface area contributed by atoms with Gasteiger partial charge in [0.15, 0.2) is 5.96 Å². The van der Waals surface area contributed by atoms with Gasteiger partial charge in [-0.15, -0.1) is 0 Å². The van der Waals surface area contributed by atoms with Crippen molar-refractivity contribution in [3.05, 3.63) is 30.3 Å². The normalized spacial score (nSPS) is 19.2. The van der Waals surface area contributed by atoms with E-state index in [2.05, 4.69) is 66.6 Å². The number of nitrogens with one attached hydrogen (secondary N) is 2. The van der Waals surface area contributed by atoms with Crippen molar-refractivity contribution >= 4 is 11.6 Å². The molecular formula is C22H38N4O. The molecule has 0 radical (unpaired) electrons. The summed E-state index contributed by atoms with van der Waals surface area (Å²) in [4.78, 5) is 7.30. The van der Waals surface area contributed by atoms with E-state index in [1.54, 1.807) is 0 Å². The molecule has 2 rings (SSSR count). The average Bonchev–Trinajstić information content (AvgIpc) is 2.67. The molecule has 0 aliphatic carbocycles. The summed E-state index contributed by atoms with van der Waals surface area (Å²) in [7, 11) is 0. The van der Waals surface area contributed by atoms with Crippen LogP contribution in [0.2, 0.25) is 0 Å². The van der Waals surface area contributed by atoms with Crippen LogP contribution in [0.4, 0.5) is 5.69 Å². The van der Waals surface area contributed by atoms with Crippen LogP contribution in [-0.2, 0) is 0 Å². The standard InChI is InChI=1S/C22H38N4O/c1-4-23-22(24-16-19(12-14-27)15-18(2)3)25-20-9-8-13-26(17-20)21-10-6-5-7-11-21/h5-7,10-11,18-20,27H,4,8-9,12-17H2,1-3H3,(H2,23,24,25). The number of nitrogens with zero attached hydrogens (tertiary/aromatic N) is 2. The number of hydrogen-bond acceptors (Lipinski definition) is 3. The van der Waals surface area contributed by atoms with Crippen molar-refractivity contribution in [1.29, 1.82) is 0 Å². The highest BCUT2D eigenvalue weighted by molar-refractivity contribution is 5.80. The van der Waals surface area contributed by atoms with Gasteiger partial charge >= 0.3 is 0 Å². The highest BCUT2D eigenvalue weighted by Gasteiger charge is 2.21. The molecule has 1 fully saturated rings. The van der Waals surface area contributed by atoms with E-state index in [1.165, 1.54) is 18.5 Å². The lowest BCUT2D eigenvalue weighted by molar-refractivity contribution is 0.245. The van der Waals surface area contributed by atoms with Gasteiger partial charge in [0.25, 0.3) is 0 Å². The van der Waals surface area contributed by atoms with Crippen LogP contribution in [0.15, 0.2) is 35.3 Å². The largest absolute Gasteiger partial charge is 0.396 e. The minimum absolute atomic E-state index is 0.242. The van der Waals surface area contributed by atoms with Crippen molar-refractivity contribution in [3.8, 4) is 0 Å². The van der Waals surface area contributed by atoms with Crippen LogP contribution in [-0.4, -0.2) is 49.9 Å². The smallest absolute Gasteiger partial charge is 0.191 e. The van der Waals surface area contributed by atoms with Crippen LogP contribution in [0.5, 0.6) is 0 Å². The number of benzene rings is 1. The maximum atomic E-state index is 9.33. The summed E-state index contributed by atoms with van der Waals surface area (Å²) in [5.74, 6) is 1.98. The molecule has 5 heteroatoms. The summed E-state index contributed by atoms with van der Waals surface area (Å²) in [5.41, 5.74) is 1.30. The van der Waals surface area contributed by atoms with E-state index in [0.29, 0.717) is 17.9 Å². The Hall–Kier alpha value is -1.75. The molecule has 1 heterocycles. The van der Waals surface area contributed by atoms with Crippen LogP contribution in [0.25, 0.3) is 0 Å². The molecule has 0 spiro atoms. The van der Waals surface area contributed by atoms with Crippen molar-refractivity contribution in [2.45, 2.75) is 52.5 Å². The lowest BCUT2D eigenvalue weighted by atomic mass is 9.94. The number of hydrogen-bond donors (Lipinski definition) is 3. The third-order valence-electron chi connectivity index (χ3n) is 5.08. The molecular weight excluding hydrogens is 336 g/mol. The van der Waals surface area contributed by atoms with Crippen LogP contribution in [0.3, 0.4) is 0 Å². The van der Waals surface area contributed by atoms with E-state index in [9.17, 15) is 5.11 Å². The van der Waals surface area contributed by atoms with Crippen molar-refractivity contribution in [2.24, 2.45) is 16.8 Å². The lowest BCUT2D eigenvalue weighted by Crippen LogP contribution is -2.51. The Kier molecular flexibility index (Phi) is 9.46. The van der Waals surface area contributed by atoms with Crippen molar-refractivity contribution < 1.29 is 5.11 Å². The fourth-order valence-electron chi connectivity index (χ4n) is 3.83. The van der Waals surface area contributed by atoms with E-state index in [0.717, 1.165) is 45.0 Å². The Balaban J connectivity index is 1.95. The number of aliphatic hydroxyl groups is 1. The number of piperidine rings is 1. The van der Waals surface area contributed by atoms with Gasteiger partial charge in [0, 0.05) is 44.5 Å². The summed E-state index contributed by atoms with van der Waals surface area (Å²) in [5, 5.41) is 16.4. The number of aliphatic imine (C=N–C) groups is 1. The number of rotatable bonds is 9. The van der Waals surface area contributed by atoms with E-state index in [-0.39, 0.29) is 6.61 Å². The monoisotopic (exact) mass is 374 g/mol. The van der Waals surface area contributed by atoms with Gasteiger partial charge < -0.3 is 20.6 Å². The summed E-state index contributed by atoms with van der Waals surface area (Å²) in [6, 6.07) is 11.1. The molecule has 1 aromatic rings. The molecule has 0 saturated carbocycles. The third-order valence-corrected chi connectivity index (χ3v) is 5.08. The number of anilines is 1. The molecule has 27 heavy (non-hydrogen) atoms. The van der Waals surface area contributed by atoms with E-state index in [4.69, 9.17) is 4.99 Å². The first-order valence-electron chi connectivity index (χ1n) is 10.6. The number of guanidine groups is 1. The zero-order chi connectivity index (χ0) is 19.5. The van der Waals surface area contributed by atoms with Crippen molar-refractivity contribution in [1.82, 2.24) is 10.6 Å². The number of para-hydroxylation sites is 1.